The zero-order valence-corrected chi connectivity index (χ0v) is 16.3. The number of carbonyl (C=O) groups is 3. The summed E-state index contributed by atoms with van der Waals surface area (Å²) in [5.74, 6) is -0.477. The molecule has 1 N–H and O–H groups in total. The summed E-state index contributed by atoms with van der Waals surface area (Å²) in [4.78, 5) is 39.7. The average molecular weight is 378 g/mol. The Kier molecular flexibility index (Phi) is 5.48. The summed E-state index contributed by atoms with van der Waals surface area (Å²) in [5, 5.41) is 6.49. The second-order valence-corrected chi connectivity index (χ2v) is 9.02. The molecule has 2 saturated heterocycles. The quantitative estimate of drug-likeness (QED) is 0.872. The van der Waals surface area contributed by atoms with E-state index in [1.807, 2.05) is 26.2 Å². The molecule has 26 heavy (non-hydrogen) atoms. The van der Waals surface area contributed by atoms with E-state index >= 15 is 0 Å². The van der Waals surface area contributed by atoms with E-state index in [9.17, 15) is 14.4 Å². The summed E-state index contributed by atoms with van der Waals surface area (Å²) in [6, 6.07) is 0.579. The topological polar surface area (TPSA) is 75.7 Å². The van der Waals surface area contributed by atoms with Crippen molar-refractivity contribution in [2.45, 2.75) is 58.2 Å². The lowest BCUT2D eigenvalue weighted by atomic mass is 9.86. The number of ketones is 1. The van der Waals surface area contributed by atoms with Crippen molar-refractivity contribution < 1.29 is 19.1 Å². The number of hydrogen-bond acceptors (Lipinski definition) is 5. The Labute approximate surface area is 157 Å². The van der Waals surface area contributed by atoms with Crippen LogP contribution >= 0.6 is 11.3 Å². The largest absolute Gasteiger partial charge is 0.368 e. The molecule has 2 aliphatic rings. The van der Waals surface area contributed by atoms with Gasteiger partial charge in [-0.1, -0.05) is 20.8 Å². The molecule has 0 bridgehead atoms. The Morgan fingerprint density at radius 2 is 2.19 bits per heavy atom. The van der Waals surface area contributed by atoms with E-state index < -0.39 is 12.1 Å². The molecule has 0 unspecified atom stereocenters. The van der Waals surface area contributed by atoms with Gasteiger partial charge in [0.25, 0.3) is 5.91 Å². The predicted molar refractivity (Wildman–Crippen MR) is 99.1 cm³/mol. The van der Waals surface area contributed by atoms with Crippen LogP contribution in [0, 0.1) is 5.41 Å². The van der Waals surface area contributed by atoms with Gasteiger partial charge in [-0.15, -0.1) is 0 Å². The van der Waals surface area contributed by atoms with Gasteiger partial charge in [0.05, 0.1) is 11.7 Å². The Hall–Kier alpha value is -1.73. The summed E-state index contributed by atoms with van der Waals surface area (Å²) in [6.45, 7) is 6.71. The van der Waals surface area contributed by atoms with E-state index in [1.165, 1.54) is 11.3 Å². The minimum atomic E-state index is -0.658. The van der Waals surface area contributed by atoms with Crippen molar-refractivity contribution >= 4 is 28.9 Å². The summed E-state index contributed by atoms with van der Waals surface area (Å²) < 4.78 is 5.54. The van der Waals surface area contributed by atoms with Crippen LogP contribution in [0.1, 0.15) is 50.4 Å². The van der Waals surface area contributed by atoms with Crippen LogP contribution in [0.5, 0.6) is 0 Å². The first-order chi connectivity index (χ1) is 12.3. The van der Waals surface area contributed by atoms with Crippen molar-refractivity contribution in [1.29, 1.82) is 0 Å². The monoisotopic (exact) mass is 378 g/mol. The summed E-state index contributed by atoms with van der Waals surface area (Å²) in [7, 11) is 0. The van der Waals surface area contributed by atoms with Gasteiger partial charge in [-0.05, 0) is 36.1 Å². The fraction of sp³-hybridized carbons (Fsp3) is 0.632. The minimum Gasteiger partial charge on any atom is -0.368 e. The number of ether oxygens (including phenoxy) is 1. The standard InChI is InChI=1S/C19H26N2O4S/c1-19(2,3)9-13(20-17(23)12-6-8-26-11-12)18(24)21-7-4-5-15-16(21)14(22)10-25-15/h6,8,11,13,15-16H,4-5,7,9-10H2,1-3H3,(H,20,23)/t13-,15+,16+/m0/s1. The zero-order valence-electron chi connectivity index (χ0n) is 15.5. The lowest BCUT2D eigenvalue weighted by Crippen LogP contribution is -2.58. The smallest absolute Gasteiger partial charge is 0.252 e. The molecule has 0 aliphatic carbocycles. The van der Waals surface area contributed by atoms with Crippen molar-refractivity contribution in [3.63, 3.8) is 0 Å². The maximum Gasteiger partial charge on any atom is 0.252 e. The molecule has 3 heterocycles. The molecule has 1 aromatic heterocycles. The van der Waals surface area contributed by atoms with E-state index in [0.717, 1.165) is 12.8 Å². The summed E-state index contributed by atoms with van der Waals surface area (Å²) >= 11 is 1.44. The molecular weight excluding hydrogens is 352 g/mol. The third-order valence-corrected chi connectivity index (χ3v) is 5.51. The number of likely N-dealkylation sites (tertiary alicyclic amines) is 1. The van der Waals surface area contributed by atoms with Gasteiger partial charge in [0.1, 0.15) is 18.7 Å². The third-order valence-electron chi connectivity index (χ3n) is 4.83. The first-order valence-corrected chi connectivity index (χ1v) is 9.98. The molecule has 0 aromatic carbocycles. The van der Waals surface area contributed by atoms with Crippen molar-refractivity contribution in [2.24, 2.45) is 5.41 Å². The second-order valence-electron chi connectivity index (χ2n) is 8.24. The van der Waals surface area contributed by atoms with Gasteiger partial charge in [0, 0.05) is 11.9 Å². The van der Waals surface area contributed by atoms with E-state index in [2.05, 4.69) is 5.32 Å². The van der Waals surface area contributed by atoms with E-state index in [4.69, 9.17) is 4.74 Å². The highest BCUT2D eigenvalue weighted by molar-refractivity contribution is 7.08. The normalized spacial score (nSPS) is 24.3. The van der Waals surface area contributed by atoms with Crippen molar-refractivity contribution in [1.82, 2.24) is 10.2 Å². The maximum atomic E-state index is 13.3. The molecule has 3 atom stereocenters. The minimum absolute atomic E-state index is 0.0401. The molecule has 2 fully saturated rings. The number of thiophene rings is 1. The first-order valence-electron chi connectivity index (χ1n) is 9.04. The molecule has 1 aromatic rings. The highest BCUT2D eigenvalue weighted by Crippen LogP contribution is 2.29. The summed E-state index contributed by atoms with van der Waals surface area (Å²) in [6.07, 6.45) is 1.90. The molecule has 7 heteroatoms. The van der Waals surface area contributed by atoms with Crippen molar-refractivity contribution in [3.05, 3.63) is 22.4 Å². The van der Waals surface area contributed by atoms with E-state index in [0.29, 0.717) is 18.5 Å². The van der Waals surface area contributed by atoms with E-state index in [-0.39, 0.29) is 35.7 Å². The lowest BCUT2D eigenvalue weighted by molar-refractivity contribution is -0.143. The molecule has 142 valence electrons. The molecule has 0 spiro atoms. The number of hydrogen-bond donors (Lipinski definition) is 1. The highest BCUT2D eigenvalue weighted by Gasteiger charge is 2.46. The van der Waals surface area contributed by atoms with Crippen LogP contribution in [-0.4, -0.2) is 53.8 Å². The zero-order chi connectivity index (χ0) is 18.9. The van der Waals surface area contributed by atoms with Crippen LogP contribution < -0.4 is 5.32 Å². The fourth-order valence-electron chi connectivity index (χ4n) is 3.69. The number of piperidine rings is 1. The average Bonchev–Trinajstić information content (AvgIpc) is 3.22. The van der Waals surface area contributed by atoms with Gasteiger partial charge in [-0.2, -0.15) is 11.3 Å². The van der Waals surface area contributed by atoms with E-state index in [1.54, 1.807) is 16.3 Å². The van der Waals surface area contributed by atoms with Gasteiger partial charge in [0.15, 0.2) is 5.78 Å². The fourth-order valence-corrected chi connectivity index (χ4v) is 4.32. The number of nitrogens with zero attached hydrogens (tertiary/aromatic N) is 1. The third kappa shape index (κ3) is 4.15. The second kappa shape index (κ2) is 7.48. The number of carbonyl (C=O) groups excluding carboxylic acids is 3. The molecule has 3 rings (SSSR count). The Morgan fingerprint density at radius 1 is 1.42 bits per heavy atom. The van der Waals surface area contributed by atoms with Gasteiger partial charge >= 0.3 is 0 Å². The Balaban J connectivity index is 1.79. The molecule has 2 aliphatic heterocycles. The Morgan fingerprint density at radius 3 is 2.85 bits per heavy atom. The number of nitrogens with one attached hydrogen (secondary N) is 1. The van der Waals surface area contributed by atoms with Gasteiger partial charge in [-0.25, -0.2) is 0 Å². The molecule has 6 nitrogen and oxygen atoms in total. The SMILES string of the molecule is CC(C)(C)C[C@H](NC(=O)c1ccsc1)C(=O)N1CCC[C@H]2OCC(=O)[C@H]21. The number of Topliss-reactive ketones (excluding diaryl/α,β-unsaturated/α-hetero) is 1. The first kappa shape index (κ1) is 19.0. The Bertz CT molecular complexity index is 680. The molecular formula is C19H26N2O4S. The van der Waals surface area contributed by atoms with Crippen LogP contribution in [0.3, 0.4) is 0 Å². The van der Waals surface area contributed by atoms with Gasteiger partial charge in [-0.3, -0.25) is 14.4 Å². The number of rotatable bonds is 4. The number of fused-ring (bicyclic) bond motifs is 1. The molecule has 0 saturated carbocycles. The highest BCUT2D eigenvalue weighted by atomic mass is 32.1. The molecule has 0 radical (unpaired) electrons. The van der Waals surface area contributed by atoms with Gasteiger partial charge < -0.3 is 15.0 Å². The lowest BCUT2D eigenvalue weighted by Gasteiger charge is -2.38. The summed E-state index contributed by atoms with van der Waals surface area (Å²) in [5.41, 5.74) is 0.409. The van der Waals surface area contributed by atoms with Crippen molar-refractivity contribution in [2.75, 3.05) is 13.2 Å². The van der Waals surface area contributed by atoms with Crippen LogP contribution in [0.2, 0.25) is 0 Å². The number of amides is 2. The maximum absolute atomic E-state index is 13.3. The molecule has 2 amide bonds. The van der Waals surface area contributed by atoms with Crippen LogP contribution in [-0.2, 0) is 14.3 Å². The van der Waals surface area contributed by atoms with Crippen LogP contribution in [0.15, 0.2) is 16.8 Å². The van der Waals surface area contributed by atoms with Crippen molar-refractivity contribution in [3.8, 4) is 0 Å². The van der Waals surface area contributed by atoms with Crippen LogP contribution in [0.4, 0.5) is 0 Å². The van der Waals surface area contributed by atoms with Crippen LogP contribution in [0.25, 0.3) is 0 Å². The predicted octanol–water partition coefficient (Wildman–Crippen LogP) is 2.24. The van der Waals surface area contributed by atoms with Gasteiger partial charge in [0.2, 0.25) is 5.91 Å².